The van der Waals surface area contributed by atoms with Crippen LogP contribution in [0.15, 0.2) is 43.0 Å². The van der Waals surface area contributed by atoms with E-state index in [1.807, 2.05) is 12.1 Å². The van der Waals surface area contributed by atoms with Crippen LogP contribution in [0.5, 0.6) is 11.5 Å². The van der Waals surface area contributed by atoms with Crippen molar-refractivity contribution in [2.24, 2.45) is 0 Å². The van der Waals surface area contributed by atoms with E-state index in [-0.39, 0.29) is 23.7 Å². The molecule has 1 saturated heterocycles. The van der Waals surface area contributed by atoms with Crippen molar-refractivity contribution >= 4 is 16.0 Å². The Kier molecular flexibility index (Phi) is 5.89. The summed E-state index contributed by atoms with van der Waals surface area (Å²) >= 11 is 0. The van der Waals surface area contributed by atoms with Crippen LogP contribution in [-0.2, 0) is 28.5 Å². The fourth-order valence-electron chi connectivity index (χ4n) is 7.87. The number of hydrogen-bond donors (Lipinski definition) is 3. The first-order chi connectivity index (χ1) is 18.4. The van der Waals surface area contributed by atoms with Crippen molar-refractivity contribution in [3.63, 3.8) is 0 Å². The van der Waals surface area contributed by atoms with E-state index in [0.29, 0.717) is 56.3 Å². The number of aromatic hydroxyl groups is 1. The van der Waals surface area contributed by atoms with Gasteiger partial charge >= 0.3 is 0 Å². The summed E-state index contributed by atoms with van der Waals surface area (Å²) in [6.45, 7) is 5.79. The Hall–Kier alpha value is -2.99. The highest BCUT2D eigenvalue weighted by Crippen LogP contribution is 2.66. The molecule has 2 aliphatic carbocycles. The van der Waals surface area contributed by atoms with E-state index in [0.717, 1.165) is 23.2 Å². The number of phenols is 1. The molecular weight excluding hydrogens is 527 g/mol. The molecule has 0 aromatic heterocycles. The second kappa shape index (κ2) is 8.76. The zero-order valence-electron chi connectivity index (χ0n) is 21.5. The van der Waals surface area contributed by atoms with Gasteiger partial charge in [-0.05, 0) is 61.6 Å². The molecule has 2 bridgehead atoms. The monoisotopic (exact) mass is 558 g/mol. The predicted molar refractivity (Wildman–Crippen MR) is 140 cm³/mol. The number of aliphatic hydroxyl groups is 1. The summed E-state index contributed by atoms with van der Waals surface area (Å²) in [7, 11) is -3.67. The van der Waals surface area contributed by atoms with E-state index in [1.54, 1.807) is 17.0 Å². The first-order valence-corrected chi connectivity index (χ1v) is 14.8. The Bertz CT molecular complexity index is 1490. The van der Waals surface area contributed by atoms with Crippen LogP contribution in [-0.4, -0.2) is 82.0 Å². The maximum atomic E-state index is 13.9. The number of halogens is 1. The van der Waals surface area contributed by atoms with E-state index >= 15 is 0 Å². The van der Waals surface area contributed by atoms with E-state index in [1.165, 1.54) is 12.1 Å². The quantitative estimate of drug-likeness (QED) is 0.387. The van der Waals surface area contributed by atoms with E-state index < -0.39 is 33.1 Å². The summed E-state index contributed by atoms with van der Waals surface area (Å²) in [6, 6.07) is 7.64. The summed E-state index contributed by atoms with van der Waals surface area (Å²) in [5, 5.41) is 23.2. The average Bonchev–Trinajstić information content (AvgIpc) is 3.37. The third kappa shape index (κ3) is 3.74. The molecule has 3 aliphatic heterocycles. The molecule has 39 heavy (non-hydrogen) atoms. The largest absolute Gasteiger partial charge is 0.504 e. The zero-order valence-corrected chi connectivity index (χ0v) is 22.3. The molecule has 11 heteroatoms. The number of hydrogen-bond acceptors (Lipinski definition) is 7. The molecular formula is C28H31FN2O7S. The summed E-state index contributed by atoms with van der Waals surface area (Å²) < 4.78 is 46.3. The predicted octanol–water partition coefficient (Wildman–Crippen LogP) is 2.40. The van der Waals surface area contributed by atoms with Gasteiger partial charge in [0.05, 0.1) is 23.3 Å². The van der Waals surface area contributed by atoms with Crippen LogP contribution in [0, 0.1) is 5.82 Å². The van der Waals surface area contributed by atoms with Crippen LogP contribution in [0.25, 0.3) is 0 Å². The topological polar surface area (TPSA) is 128 Å². The maximum absolute atomic E-state index is 13.9. The van der Waals surface area contributed by atoms with Gasteiger partial charge in [-0.25, -0.2) is 4.39 Å². The molecule has 2 aromatic carbocycles. The lowest BCUT2D eigenvalue weighted by Gasteiger charge is -2.64. The van der Waals surface area contributed by atoms with Gasteiger partial charge in [0.1, 0.15) is 11.9 Å². The zero-order chi connectivity index (χ0) is 27.9. The van der Waals surface area contributed by atoms with Crippen LogP contribution >= 0.6 is 0 Å². The summed E-state index contributed by atoms with van der Waals surface area (Å²) in [4.78, 5) is 17.5. The van der Waals surface area contributed by atoms with Gasteiger partial charge in [0.15, 0.2) is 11.5 Å². The van der Waals surface area contributed by atoms with Gasteiger partial charge in [0.25, 0.3) is 16.0 Å². The van der Waals surface area contributed by atoms with Crippen molar-refractivity contribution in [3.05, 3.63) is 71.1 Å². The second-order valence-electron chi connectivity index (χ2n) is 11.2. The second-order valence-corrected chi connectivity index (χ2v) is 12.7. The Morgan fingerprint density at radius 3 is 2.67 bits per heavy atom. The fraction of sp³-hybridized carbons (Fsp3) is 0.464. The maximum Gasteiger partial charge on any atom is 0.261 e. The van der Waals surface area contributed by atoms with Crippen LogP contribution in [0.2, 0.25) is 0 Å². The highest BCUT2D eigenvalue weighted by molar-refractivity contribution is 7.85. The van der Waals surface area contributed by atoms with Crippen molar-refractivity contribution in [2.45, 2.75) is 61.4 Å². The smallest absolute Gasteiger partial charge is 0.261 e. The molecule has 3 N–H and O–H groups in total. The van der Waals surface area contributed by atoms with E-state index in [2.05, 4.69) is 11.5 Å². The summed E-state index contributed by atoms with van der Waals surface area (Å²) in [6.07, 6.45) is 4.57. The van der Waals surface area contributed by atoms with E-state index in [4.69, 9.17) is 9.29 Å². The highest BCUT2D eigenvalue weighted by Gasteiger charge is 2.73. The van der Waals surface area contributed by atoms with Gasteiger partial charge < -0.3 is 19.8 Å². The lowest BCUT2D eigenvalue weighted by Crippen LogP contribution is -2.78. The van der Waals surface area contributed by atoms with Crippen molar-refractivity contribution in [2.75, 3.05) is 19.3 Å². The lowest BCUT2D eigenvalue weighted by atomic mass is 9.48. The minimum Gasteiger partial charge on any atom is -0.504 e. The van der Waals surface area contributed by atoms with Gasteiger partial charge in [-0.1, -0.05) is 18.2 Å². The number of rotatable bonds is 3. The minimum absolute atomic E-state index is 0.0775. The molecule has 0 radical (unpaired) electrons. The first kappa shape index (κ1) is 26.2. The van der Waals surface area contributed by atoms with Crippen molar-refractivity contribution in [3.8, 4) is 11.5 Å². The molecule has 1 amide bonds. The van der Waals surface area contributed by atoms with Crippen LogP contribution < -0.4 is 4.74 Å². The average molecular weight is 559 g/mol. The molecule has 1 spiro atoms. The molecule has 5 aliphatic rings. The van der Waals surface area contributed by atoms with Gasteiger partial charge in [-0.2, -0.15) is 8.42 Å². The van der Waals surface area contributed by atoms with Crippen molar-refractivity contribution < 1.29 is 37.1 Å². The number of carbonyl (C=O) groups excluding carboxylic acids is 1. The molecule has 3 heterocycles. The third-order valence-electron chi connectivity index (χ3n) is 9.21. The Balaban J connectivity index is 0.000000510. The number of carbonyl (C=O) groups is 1. The van der Waals surface area contributed by atoms with Gasteiger partial charge in [-0.3, -0.25) is 14.2 Å². The standard InChI is InChI=1S/C27H27FN2O4.CH4O3S/c1-2-10-29-11-9-26-22-15-4-6-20(31)23(22)34-24(26)19(7-8-27(26,33)21(29)12-15)30-14-16-3-5-17(28)13-18(16)25(30)32;1-5(2,3)4/h2-6,13,19,21,24,31,33H,1,7-12,14H2;1H3,(H,2,3,4)/t19-,21-,24+,26+,27?;/m1./s1. The minimum atomic E-state index is -3.67. The molecule has 1 unspecified atom stereocenters. The molecule has 208 valence electrons. The van der Waals surface area contributed by atoms with Gasteiger partial charge in [0.2, 0.25) is 0 Å². The fourth-order valence-corrected chi connectivity index (χ4v) is 7.87. The van der Waals surface area contributed by atoms with Gasteiger partial charge in [-0.15, -0.1) is 6.58 Å². The van der Waals surface area contributed by atoms with Crippen LogP contribution in [0.1, 0.15) is 46.3 Å². The number of ether oxygens (including phenoxy) is 1. The van der Waals surface area contributed by atoms with Crippen molar-refractivity contribution in [1.82, 2.24) is 9.80 Å². The molecule has 7 rings (SSSR count). The molecule has 5 atom stereocenters. The van der Waals surface area contributed by atoms with Crippen molar-refractivity contribution in [1.29, 1.82) is 0 Å². The number of nitrogens with zero attached hydrogens (tertiary/aromatic N) is 2. The van der Waals surface area contributed by atoms with Crippen LogP contribution in [0.4, 0.5) is 4.39 Å². The Morgan fingerprint density at radius 1 is 1.23 bits per heavy atom. The SMILES string of the molecule is C=CCN1CC[C@]23c4c5ccc(O)c4O[C@H]2[C@H](N2Cc4ccc(F)cc4C2=O)CCC3(O)[C@H]1C5.CS(=O)(=O)O. The summed E-state index contributed by atoms with van der Waals surface area (Å²) in [5.41, 5.74) is 1.49. The lowest BCUT2D eigenvalue weighted by molar-refractivity contribution is -0.196. The molecule has 1 saturated carbocycles. The number of piperidine rings is 1. The molecule has 2 aromatic rings. The normalized spacial score (nSPS) is 32.1. The van der Waals surface area contributed by atoms with E-state index in [9.17, 15) is 27.8 Å². The number of fused-ring (bicyclic) bond motifs is 1. The number of likely N-dealkylation sites (tertiary alicyclic amines) is 1. The number of phenolic OH excluding ortho intramolecular Hbond substituents is 1. The Morgan fingerprint density at radius 2 is 1.95 bits per heavy atom. The third-order valence-corrected chi connectivity index (χ3v) is 9.21. The summed E-state index contributed by atoms with van der Waals surface area (Å²) in [5.74, 6) is -0.0801. The van der Waals surface area contributed by atoms with Crippen LogP contribution in [0.3, 0.4) is 0 Å². The molecule has 9 nitrogen and oxygen atoms in total. The highest BCUT2D eigenvalue weighted by atomic mass is 32.2. The first-order valence-electron chi connectivity index (χ1n) is 13.0. The number of benzene rings is 2. The molecule has 2 fully saturated rings. The Labute approximate surface area is 226 Å². The number of amides is 1. The van der Waals surface area contributed by atoms with Gasteiger partial charge in [0, 0.05) is 30.3 Å².